The first-order valence-electron chi connectivity index (χ1n) is 8.81. The van der Waals surface area contributed by atoms with E-state index in [0.29, 0.717) is 32.1 Å². The maximum atomic E-state index is 12.1. The number of nitrogens with one attached hydrogen (secondary N) is 3. The third-order valence-electron chi connectivity index (χ3n) is 3.61. The number of pyridine rings is 1. The number of guanidine groups is 1. The van der Waals surface area contributed by atoms with Crippen LogP contribution in [0.25, 0.3) is 0 Å². The summed E-state index contributed by atoms with van der Waals surface area (Å²) in [6.07, 6.45) is -1.03. The van der Waals surface area contributed by atoms with Gasteiger partial charge in [0.05, 0.1) is 6.54 Å². The van der Waals surface area contributed by atoms with E-state index in [0.717, 1.165) is 18.4 Å². The third-order valence-corrected chi connectivity index (χ3v) is 3.61. The SMILES string of the molecule is CCNC(=NCc1ccc(OCC(F)(F)F)nc1)NCCNC(=O)C1CC1. The predicted octanol–water partition coefficient (Wildman–Crippen LogP) is 1.60. The first kappa shape index (κ1) is 20.8. The van der Waals surface area contributed by atoms with Gasteiger partial charge in [0.25, 0.3) is 0 Å². The van der Waals surface area contributed by atoms with Gasteiger partial charge in [0.1, 0.15) is 0 Å². The minimum Gasteiger partial charge on any atom is -0.468 e. The minimum absolute atomic E-state index is 0.0866. The fourth-order valence-corrected chi connectivity index (χ4v) is 2.11. The molecule has 1 aromatic heterocycles. The van der Waals surface area contributed by atoms with Crippen LogP contribution in [0.3, 0.4) is 0 Å². The Morgan fingerprint density at radius 3 is 2.59 bits per heavy atom. The van der Waals surface area contributed by atoms with E-state index in [1.54, 1.807) is 6.07 Å². The molecule has 1 heterocycles. The monoisotopic (exact) mass is 387 g/mol. The number of rotatable bonds is 9. The second-order valence-electron chi connectivity index (χ2n) is 6.10. The smallest absolute Gasteiger partial charge is 0.422 e. The van der Waals surface area contributed by atoms with E-state index in [1.807, 2.05) is 6.92 Å². The van der Waals surface area contributed by atoms with Crippen molar-refractivity contribution < 1.29 is 22.7 Å². The highest BCUT2D eigenvalue weighted by molar-refractivity contribution is 5.81. The molecule has 150 valence electrons. The van der Waals surface area contributed by atoms with Crippen LogP contribution in [0.4, 0.5) is 13.2 Å². The van der Waals surface area contributed by atoms with Crippen LogP contribution < -0.4 is 20.7 Å². The summed E-state index contributed by atoms with van der Waals surface area (Å²) < 4.78 is 40.9. The van der Waals surface area contributed by atoms with Crippen molar-refractivity contribution in [2.75, 3.05) is 26.2 Å². The fourth-order valence-electron chi connectivity index (χ4n) is 2.11. The molecule has 1 aliphatic rings. The molecule has 10 heteroatoms. The van der Waals surface area contributed by atoms with E-state index in [2.05, 4.69) is 30.7 Å². The van der Waals surface area contributed by atoms with Crippen molar-refractivity contribution in [3.05, 3.63) is 23.9 Å². The summed E-state index contributed by atoms with van der Waals surface area (Å²) in [4.78, 5) is 19.8. The van der Waals surface area contributed by atoms with E-state index < -0.39 is 12.8 Å². The van der Waals surface area contributed by atoms with Crippen LogP contribution in [-0.2, 0) is 11.3 Å². The topological polar surface area (TPSA) is 87.6 Å². The molecule has 3 N–H and O–H groups in total. The molecule has 1 aromatic rings. The Hall–Kier alpha value is -2.52. The lowest BCUT2D eigenvalue weighted by Crippen LogP contribution is -2.41. The van der Waals surface area contributed by atoms with E-state index in [9.17, 15) is 18.0 Å². The molecule has 0 aliphatic heterocycles. The number of aromatic nitrogens is 1. The van der Waals surface area contributed by atoms with Crippen molar-refractivity contribution >= 4 is 11.9 Å². The lowest BCUT2D eigenvalue weighted by Gasteiger charge is -2.12. The van der Waals surface area contributed by atoms with E-state index >= 15 is 0 Å². The van der Waals surface area contributed by atoms with Crippen molar-refractivity contribution in [1.29, 1.82) is 0 Å². The van der Waals surface area contributed by atoms with Crippen LogP contribution in [0.5, 0.6) is 5.88 Å². The molecule has 27 heavy (non-hydrogen) atoms. The van der Waals surface area contributed by atoms with Gasteiger partial charge in [-0.1, -0.05) is 6.07 Å². The Kier molecular flexibility index (Phi) is 7.68. The van der Waals surface area contributed by atoms with Crippen molar-refractivity contribution in [3.63, 3.8) is 0 Å². The lowest BCUT2D eigenvalue weighted by atomic mass is 10.3. The predicted molar refractivity (Wildman–Crippen MR) is 94.3 cm³/mol. The molecule has 1 fully saturated rings. The van der Waals surface area contributed by atoms with Gasteiger partial charge in [-0.05, 0) is 25.3 Å². The highest BCUT2D eigenvalue weighted by Crippen LogP contribution is 2.28. The van der Waals surface area contributed by atoms with Gasteiger partial charge in [0.15, 0.2) is 12.6 Å². The summed E-state index contributed by atoms with van der Waals surface area (Å²) >= 11 is 0. The molecule has 0 atom stereocenters. The molecule has 2 rings (SSSR count). The zero-order chi connectivity index (χ0) is 19.7. The number of alkyl halides is 3. The highest BCUT2D eigenvalue weighted by atomic mass is 19.4. The number of hydrogen-bond donors (Lipinski definition) is 3. The van der Waals surface area contributed by atoms with Gasteiger partial charge in [-0.25, -0.2) is 9.98 Å². The van der Waals surface area contributed by atoms with Crippen LogP contribution in [-0.4, -0.2) is 49.3 Å². The quantitative estimate of drug-likeness (QED) is 0.340. The van der Waals surface area contributed by atoms with Crippen LogP contribution >= 0.6 is 0 Å². The van der Waals surface area contributed by atoms with Crippen molar-refractivity contribution in [1.82, 2.24) is 20.9 Å². The van der Waals surface area contributed by atoms with Crippen LogP contribution in [0, 0.1) is 5.92 Å². The van der Waals surface area contributed by atoms with Gasteiger partial charge in [0.2, 0.25) is 11.8 Å². The number of hydrogen-bond acceptors (Lipinski definition) is 4. The van der Waals surface area contributed by atoms with E-state index in [1.165, 1.54) is 12.3 Å². The van der Waals surface area contributed by atoms with Crippen molar-refractivity contribution in [2.24, 2.45) is 10.9 Å². The number of carbonyl (C=O) groups excluding carboxylic acids is 1. The zero-order valence-electron chi connectivity index (χ0n) is 15.1. The van der Waals surface area contributed by atoms with Gasteiger partial charge in [0, 0.05) is 37.8 Å². The van der Waals surface area contributed by atoms with Crippen LogP contribution in [0.1, 0.15) is 25.3 Å². The molecule has 0 saturated heterocycles. The molecule has 0 aromatic carbocycles. The zero-order valence-corrected chi connectivity index (χ0v) is 15.1. The molecule has 0 unspecified atom stereocenters. The van der Waals surface area contributed by atoms with Crippen molar-refractivity contribution in [3.8, 4) is 5.88 Å². The van der Waals surface area contributed by atoms with E-state index in [4.69, 9.17) is 0 Å². The molecule has 1 aliphatic carbocycles. The molecule has 0 bridgehead atoms. The first-order valence-corrected chi connectivity index (χ1v) is 8.81. The Morgan fingerprint density at radius 2 is 2.00 bits per heavy atom. The molecule has 1 saturated carbocycles. The number of halogens is 3. The molecule has 0 radical (unpaired) electrons. The molecular weight excluding hydrogens is 363 g/mol. The number of carbonyl (C=O) groups is 1. The Morgan fingerprint density at radius 1 is 1.26 bits per heavy atom. The van der Waals surface area contributed by atoms with Crippen molar-refractivity contribution in [2.45, 2.75) is 32.5 Å². The molecule has 0 spiro atoms. The summed E-state index contributed by atoms with van der Waals surface area (Å²) in [5.41, 5.74) is 0.730. The standard InChI is InChI=1S/C17H24F3N5O2/c1-2-21-16(23-8-7-22-15(26)13-4-5-13)25-10-12-3-6-14(24-9-12)27-11-17(18,19)20/h3,6,9,13H,2,4-5,7-8,10-11H2,1H3,(H,22,26)(H2,21,23,25). The van der Waals surface area contributed by atoms with Crippen LogP contribution in [0.15, 0.2) is 23.3 Å². The normalized spacial score (nSPS) is 14.6. The summed E-state index contributed by atoms with van der Waals surface area (Å²) in [7, 11) is 0. The second kappa shape index (κ2) is 9.98. The summed E-state index contributed by atoms with van der Waals surface area (Å²) in [5, 5.41) is 9.04. The third kappa shape index (κ3) is 8.61. The fraction of sp³-hybridized carbons (Fsp3) is 0.588. The molecule has 1 amide bonds. The number of nitrogens with zero attached hydrogens (tertiary/aromatic N) is 2. The van der Waals surface area contributed by atoms with Gasteiger partial charge >= 0.3 is 6.18 Å². The summed E-state index contributed by atoms with van der Waals surface area (Å²) in [5.74, 6) is 0.771. The number of aliphatic imine (C=N–C) groups is 1. The Bertz CT molecular complexity index is 630. The van der Waals surface area contributed by atoms with Gasteiger partial charge in [-0.15, -0.1) is 0 Å². The highest BCUT2D eigenvalue weighted by Gasteiger charge is 2.29. The number of amides is 1. The average Bonchev–Trinajstić information content (AvgIpc) is 3.46. The summed E-state index contributed by atoms with van der Waals surface area (Å²) in [6, 6.07) is 2.99. The Balaban J connectivity index is 1.76. The number of ether oxygens (including phenoxy) is 1. The van der Waals surface area contributed by atoms with Gasteiger partial charge < -0.3 is 20.7 Å². The maximum Gasteiger partial charge on any atom is 0.422 e. The van der Waals surface area contributed by atoms with Crippen LogP contribution in [0.2, 0.25) is 0 Å². The summed E-state index contributed by atoms with van der Waals surface area (Å²) in [6.45, 7) is 2.57. The molecule has 7 nitrogen and oxygen atoms in total. The largest absolute Gasteiger partial charge is 0.468 e. The van der Waals surface area contributed by atoms with Gasteiger partial charge in [-0.3, -0.25) is 4.79 Å². The van der Waals surface area contributed by atoms with E-state index in [-0.39, 0.29) is 17.7 Å². The second-order valence-corrected chi connectivity index (χ2v) is 6.10. The average molecular weight is 387 g/mol. The molecular formula is C17H24F3N5O2. The maximum absolute atomic E-state index is 12.1. The first-order chi connectivity index (χ1) is 12.9. The minimum atomic E-state index is -4.39. The van der Waals surface area contributed by atoms with Gasteiger partial charge in [-0.2, -0.15) is 13.2 Å². The lowest BCUT2D eigenvalue weighted by molar-refractivity contribution is -0.154. The Labute approximate surface area is 155 Å².